The van der Waals surface area contributed by atoms with Gasteiger partial charge in [0.2, 0.25) is 5.91 Å². The van der Waals surface area contributed by atoms with Crippen molar-refractivity contribution >= 4 is 11.9 Å². The number of esters is 1. The summed E-state index contributed by atoms with van der Waals surface area (Å²) in [4.78, 5) is 24.5. The highest BCUT2D eigenvalue weighted by Gasteiger charge is 2.18. The lowest BCUT2D eigenvalue weighted by atomic mass is 10.0. The van der Waals surface area contributed by atoms with Crippen LogP contribution in [-0.2, 0) is 14.3 Å². The van der Waals surface area contributed by atoms with E-state index in [0.717, 1.165) is 57.8 Å². The highest BCUT2D eigenvalue weighted by atomic mass is 16.5. The summed E-state index contributed by atoms with van der Waals surface area (Å²) in [7, 11) is 0. The molecule has 0 aliphatic heterocycles. The molecule has 6 nitrogen and oxygen atoms in total. The molecule has 2 atom stereocenters. The number of ether oxygens (including phenoxy) is 1. The molecule has 1 amide bonds. The SMILES string of the molecule is CCCCCCCC/C=C\CCCCCCCCCC(=O)OCCCCCCCCCCC/C=C\CCCCCCCC(=O)NC(CO)C(O)/C=C/CCCCCCCCCCCCCC. The van der Waals surface area contributed by atoms with Gasteiger partial charge in [0.25, 0.3) is 0 Å². The molecule has 0 radical (unpaired) electrons. The van der Waals surface area contributed by atoms with Crippen LogP contribution in [0.1, 0.15) is 309 Å². The summed E-state index contributed by atoms with van der Waals surface area (Å²) in [6.45, 7) is 4.89. The van der Waals surface area contributed by atoms with Gasteiger partial charge in [-0.2, -0.15) is 0 Å². The van der Waals surface area contributed by atoms with Gasteiger partial charge in [0.15, 0.2) is 0 Å². The molecule has 0 heterocycles. The Kier molecular flexibility index (Phi) is 54.1. The van der Waals surface area contributed by atoms with Crippen LogP contribution >= 0.6 is 0 Å². The molecular weight excluding hydrogens is 815 g/mol. The van der Waals surface area contributed by atoms with E-state index in [0.29, 0.717) is 19.4 Å². The molecule has 2 unspecified atom stereocenters. The van der Waals surface area contributed by atoms with Crippen molar-refractivity contribution in [1.82, 2.24) is 5.32 Å². The summed E-state index contributed by atoms with van der Waals surface area (Å²) in [5.74, 6) is -0.0837. The van der Waals surface area contributed by atoms with Gasteiger partial charge in [0, 0.05) is 12.8 Å². The van der Waals surface area contributed by atoms with E-state index in [2.05, 4.69) is 43.5 Å². The summed E-state index contributed by atoms with van der Waals surface area (Å²) in [6, 6.07) is -0.638. The first-order valence-corrected chi connectivity index (χ1v) is 29.3. The van der Waals surface area contributed by atoms with Gasteiger partial charge in [-0.05, 0) is 83.5 Å². The van der Waals surface area contributed by atoms with Gasteiger partial charge in [-0.3, -0.25) is 9.59 Å². The van der Waals surface area contributed by atoms with E-state index in [-0.39, 0.29) is 18.5 Å². The van der Waals surface area contributed by atoms with Crippen molar-refractivity contribution in [2.75, 3.05) is 13.2 Å². The number of aliphatic hydroxyl groups is 2. The Bertz CT molecular complexity index is 1070. The normalized spacial score (nSPS) is 12.8. The van der Waals surface area contributed by atoms with Crippen molar-refractivity contribution in [2.45, 2.75) is 321 Å². The number of hydrogen-bond acceptors (Lipinski definition) is 5. The second-order valence-electron chi connectivity index (χ2n) is 20.0. The van der Waals surface area contributed by atoms with E-state index >= 15 is 0 Å². The molecule has 0 aromatic heterocycles. The molecule has 66 heavy (non-hydrogen) atoms. The average Bonchev–Trinajstić information content (AvgIpc) is 3.32. The molecule has 0 bridgehead atoms. The van der Waals surface area contributed by atoms with Crippen LogP contribution in [0.4, 0.5) is 0 Å². The summed E-state index contributed by atoms with van der Waals surface area (Å²) >= 11 is 0. The standard InChI is InChI=1S/C60H113NO5/c1-3-5-7-9-11-13-15-17-19-22-26-30-34-38-42-46-50-54-60(65)66-55-51-47-43-39-35-31-27-24-21-20-23-25-29-33-37-41-45-49-53-59(64)61-57(56-62)58(63)52-48-44-40-36-32-28-18-16-14-12-10-8-6-4-2/h17,19,23,25,48,52,57-58,62-63H,3-16,18,20-22,24,26-47,49-51,53-56H2,1-2H3,(H,61,64)/b19-17-,25-23-,52-48+. The summed E-state index contributed by atoms with van der Waals surface area (Å²) in [6.07, 6.45) is 68.8. The Balaban J connectivity index is 3.46. The largest absolute Gasteiger partial charge is 0.466 e. The molecule has 0 aromatic rings. The quantitative estimate of drug-likeness (QED) is 0.0321. The molecular formula is C60H113NO5. The number of carbonyl (C=O) groups is 2. The molecule has 0 aliphatic carbocycles. The van der Waals surface area contributed by atoms with Crippen molar-refractivity contribution in [3.05, 3.63) is 36.5 Å². The molecule has 0 aromatic carbocycles. The predicted molar refractivity (Wildman–Crippen MR) is 287 cm³/mol. The Morgan fingerprint density at radius 3 is 1.08 bits per heavy atom. The Labute approximate surface area is 411 Å². The van der Waals surface area contributed by atoms with Crippen LogP contribution in [0.15, 0.2) is 36.5 Å². The molecule has 6 heteroatoms. The van der Waals surface area contributed by atoms with Crippen LogP contribution < -0.4 is 5.32 Å². The minimum absolute atomic E-state index is 0.00141. The summed E-state index contributed by atoms with van der Waals surface area (Å²) in [5, 5.41) is 23.1. The molecule has 0 saturated carbocycles. The van der Waals surface area contributed by atoms with E-state index in [9.17, 15) is 19.8 Å². The first-order valence-electron chi connectivity index (χ1n) is 29.3. The lowest BCUT2D eigenvalue weighted by Gasteiger charge is -2.20. The third-order valence-electron chi connectivity index (χ3n) is 13.4. The van der Waals surface area contributed by atoms with E-state index < -0.39 is 12.1 Å². The van der Waals surface area contributed by atoms with Gasteiger partial charge in [-0.15, -0.1) is 0 Å². The van der Waals surface area contributed by atoms with Gasteiger partial charge in [-0.25, -0.2) is 0 Å². The van der Waals surface area contributed by atoms with Crippen molar-refractivity contribution in [3.8, 4) is 0 Å². The van der Waals surface area contributed by atoms with Gasteiger partial charge in [-0.1, -0.05) is 249 Å². The van der Waals surface area contributed by atoms with Crippen LogP contribution in [0.25, 0.3) is 0 Å². The van der Waals surface area contributed by atoms with E-state index in [1.54, 1.807) is 6.08 Å². The molecule has 0 spiro atoms. The molecule has 3 N–H and O–H groups in total. The zero-order chi connectivity index (χ0) is 47.9. The maximum Gasteiger partial charge on any atom is 0.305 e. The van der Waals surface area contributed by atoms with Crippen LogP contribution in [-0.4, -0.2) is 47.4 Å². The molecule has 0 rings (SSSR count). The maximum atomic E-state index is 12.4. The van der Waals surface area contributed by atoms with E-state index in [1.165, 1.54) is 225 Å². The van der Waals surface area contributed by atoms with E-state index in [4.69, 9.17) is 4.74 Å². The average molecular weight is 929 g/mol. The fourth-order valence-corrected chi connectivity index (χ4v) is 8.86. The highest BCUT2D eigenvalue weighted by Crippen LogP contribution is 2.16. The minimum Gasteiger partial charge on any atom is -0.466 e. The molecule has 388 valence electrons. The zero-order valence-corrected chi connectivity index (χ0v) is 44.2. The van der Waals surface area contributed by atoms with Gasteiger partial charge in [0.05, 0.1) is 25.4 Å². The number of amides is 1. The predicted octanol–water partition coefficient (Wildman–Crippen LogP) is 18.0. The number of carbonyl (C=O) groups excluding carboxylic acids is 2. The smallest absolute Gasteiger partial charge is 0.305 e. The fraction of sp³-hybridized carbons (Fsp3) is 0.867. The number of allylic oxidation sites excluding steroid dienone is 5. The van der Waals surface area contributed by atoms with Gasteiger partial charge >= 0.3 is 5.97 Å². The molecule has 0 saturated heterocycles. The van der Waals surface area contributed by atoms with Crippen molar-refractivity contribution in [3.63, 3.8) is 0 Å². The van der Waals surface area contributed by atoms with E-state index in [1.807, 2.05) is 6.08 Å². The first-order chi connectivity index (χ1) is 32.5. The van der Waals surface area contributed by atoms with Gasteiger partial charge < -0.3 is 20.3 Å². The minimum atomic E-state index is -0.853. The fourth-order valence-electron chi connectivity index (χ4n) is 8.86. The Morgan fingerprint density at radius 2 is 0.712 bits per heavy atom. The number of hydrogen-bond donors (Lipinski definition) is 3. The number of rotatable bonds is 54. The van der Waals surface area contributed by atoms with Crippen LogP contribution in [0.5, 0.6) is 0 Å². The first kappa shape index (κ1) is 64.1. The summed E-state index contributed by atoms with van der Waals surface area (Å²) < 4.78 is 5.48. The lowest BCUT2D eigenvalue weighted by molar-refractivity contribution is -0.143. The van der Waals surface area contributed by atoms with Crippen LogP contribution in [0.2, 0.25) is 0 Å². The summed E-state index contributed by atoms with van der Waals surface area (Å²) in [5.41, 5.74) is 0. The molecule has 0 fully saturated rings. The van der Waals surface area contributed by atoms with Crippen molar-refractivity contribution < 1.29 is 24.5 Å². The number of unbranched alkanes of at least 4 members (excludes halogenated alkanes) is 39. The lowest BCUT2D eigenvalue weighted by Crippen LogP contribution is -2.45. The maximum absolute atomic E-state index is 12.4. The number of aliphatic hydroxyl groups excluding tert-OH is 2. The number of nitrogens with one attached hydrogen (secondary N) is 1. The van der Waals surface area contributed by atoms with Crippen LogP contribution in [0, 0.1) is 0 Å². The monoisotopic (exact) mass is 928 g/mol. The molecule has 0 aliphatic rings. The van der Waals surface area contributed by atoms with Crippen LogP contribution in [0.3, 0.4) is 0 Å². The third kappa shape index (κ3) is 51.5. The van der Waals surface area contributed by atoms with Crippen molar-refractivity contribution in [2.24, 2.45) is 0 Å². The zero-order valence-electron chi connectivity index (χ0n) is 44.2. The topological polar surface area (TPSA) is 95.9 Å². The van der Waals surface area contributed by atoms with Crippen molar-refractivity contribution in [1.29, 1.82) is 0 Å². The second kappa shape index (κ2) is 55.7. The third-order valence-corrected chi connectivity index (χ3v) is 13.4. The van der Waals surface area contributed by atoms with Gasteiger partial charge in [0.1, 0.15) is 0 Å². The highest BCUT2D eigenvalue weighted by molar-refractivity contribution is 5.76. The Hall–Kier alpha value is -1.92. The Morgan fingerprint density at radius 1 is 0.409 bits per heavy atom. The second-order valence-corrected chi connectivity index (χ2v) is 20.0.